The first kappa shape index (κ1) is 18.6. The molecule has 0 aromatic heterocycles. The second-order valence-corrected chi connectivity index (χ2v) is 3.91. The maximum absolute atomic E-state index is 11.2. The van der Waals surface area contributed by atoms with Crippen LogP contribution in [-0.4, -0.2) is 30.6 Å². The monoisotopic (exact) mass is 240 g/mol. The molecule has 0 saturated carbocycles. The van der Waals surface area contributed by atoms with Crippen molar-refractivity contribution in [1.82, 2.24) is 0 Å². The largest absolute Gasteiger partial charge is 1.00 e. The maximum atomic E-state index is 11.2. The number of carbonyl (C=O) groups is 2. The van der Waals surface area contributed by atoms with Crippen molar-refractivity contribution in [2.24, 2.45) is 0 Å². The Kier molecular flexibility index (Phi) is 12.1. The van der Waals surface area contributed by atoms with Gasteiger partial charge in [-0.15, -0.1) is 0 Å². The van der Waals surface area contributed by atoms with Crippen LogP contribution in [0, 0.1) is 0 Å². The van der Waals surface area contributed by atoms with Gasteiger partial charge in [0.2, 0.25) is 0 Å². The van der Waals surface area contributed by atoms with Crippen LogP contribution in [0.25, 0.3) is 0 Å². The Morgan fingerprint density at radius 2 is 1.62 bits per heavy atom. The van der Waals surface area contributed by atoms with Crippen LogP contribution in [0.15, 0.2) is 0 Å². The van der Waals surface area contributed by atoms with Crippen LogP contribution < -0.4 is 29.6 Å². The SMILES string of the molecule is CC(C)OC(CC(=O)CC=O)OC(C)C.[H-].[Na+]. The number of ketones is 1. The molecule has 0 aromatic carbocycles. The van der Waals surface area contributed by atoms with Gasteiger partial charge in [0.1, 0.15) is 12.1 Å². The van der Waals surface area contributed by atoms with Gasteiger partial charge in [-0.25, -0.2) is 0 Å². The Morgan fingerprint density at radius 3 is 1.94 bits per heavy atom. The third-order valence-corrected chi connectivity index (χ3v) is 1.55. The third kappa shape index (κ3) is 10.8. The second kappa shape index (κ2) is 10.4. The van der Waals surface area contributed by atoms with Gasteiger partial charge < -0.3 is 15.7 Å². The summed E-state index contributed by atoms with van der Waals surface area (Å²) in [7, 11) is 0. The molecule has 90 valence electrons. The van der Waals surface area contributed by atoms with Crippen molar-refractivity contribution in [3.63, 3.8) is 0 Å². The fourth-order valence-corrected chi connectivity index (χ4v) is 1.10. The summed E-state index contributed by atoms with van der Waals surface area (Å²) in [6.07, 6.45) is 0.117. The fraction of sp³-hybridized carbons (Fsp3) is 0.818. The van der Waals surface area contributed by atoms with Gasteiger partial charge in [0, 0.05) is 0 Å². The van der Waals surface area contributed by atoms with Gasteiger partial charge in [-0.3, -0.25) is 4.79 Å². The van der Waals surface area contributed by atoms with Gasteiger partial charge in [-0.1, -0.05) is 0 Å². The van der Waals surface area contributed by atoms with Crippen LogP contribution in [0.3, 0.4) is 0 Å². The molecule has 0 amide bonds. The van der Waals surface area contributed by atoms with Gasteiger partial charge in [-0.05, 0) is 27.7 Å². The summed E-state index contributed by atoms with van der Waals surface area (Å²) in [6.45, 7) is 7.50. The number of hydrogen-bond acceptors (Lipinski definition) is 4. The van der Waals surface area contributed by atoms with Gasteiger partial charge >= 0.3 is 29.6 Å². The van der Waals surface area contributed by atoms with Crippen LogP contribution in [0.1, 0.15) is 42.0 Å². The van der Waals surface area contributed by atoms with Crippen molar-refractivity contribution in [3.05, 3.63) is 0 Å². The van der Waals surface area contributed by atoms with E-state index in [0.29, 0.717) is 6.29 Å². The van der Waals surface area contributed by atoms with Gasteiger partial charge in [0.05, 0.1) is 25.0 Å². The molecular weight excluding hydrogens is 219 g/mol. The zero-order valence-electron chi connectivity index (χ0n) is 11.9. The first-order valence-electron chi connectivity index (χ1n) is 5.22. The number of aldehydes is 1. The molecule has 5 heteroatoms. The zero-order chi connectivity index (χ0) is 11.8. The van der Waals surface area contributed by atoms with Gasteiger partial charge in [0.25, 0.3) is 0 Å². The summed E-state index contributed by atoms with van der Waals surface area (Å²) in [4.78, 5) is 21.4. The molecule has 0 N–H and O–H groups in total. The van der Waals surface area contributed by atoms with Crippen LogP contribution in [-0.2, 0) is 19.1 Å². The Balaban J connectivity index is -0.000000980. The number of ether oxygens (including phenoxy) is 2. The Labute approximate surface area is 121 Å². The summed E-state index contributed by atoms with van der Waals surface area (Å²) in [6, 6.07) is 0. The number of rotatable bonds is 8. The number of carbonyl (C=O) groups excluding carboxylic acids is 2. The topological polar surface area (TPSA) is 52.6 Å². The molecule has 16 heavy (non-hydrogen) atoms. The fourth-order valence-electron chi connectivity index (χ4n) is 1.10. The molecule has 4 nitrogen and oxygen atoms in total. The molecule has 0 aliphatic rings. The second-order valence-electron chi connectivity index (χ2n) is 3.91. The van der Waals surface area contributed by atoms with Crippen molar-refractivity contribution < 1.29 is 50.0 Å². The molecule has 0 aliphatic heterocycles. The average molecular weight is 240 g/mol. The minimum atomic E-state index is -0.544. The molecule has 0 atom stereocenters. The summed E-state index contributed by atoms with van der Waals surface area (Å²) in [5, 5.41) is 0. The molecule has 0 bridgehead atoms. The van der Waals surface area contributed by atoms with Gasteiger partial charge in [-0.2, -0.15) is 0 Å². The predicted molar refractivity (Wildman–Crippen MR) is 57.6 cm³/mol. The maximum Gasteiger partial charge on any atom is 1.00 e. The number of hydrogen-bond donors (Lipinski definition) is 0. The van der Waals surface area contributed by atoms with Gasteiger partial charge in [0.15, 0.2) is 6.29 Å². The standard InChI is InChI=1S/C11H20O4.Na.H/c1-8(2)14-11(15-9(3)4)7-10(13)5-6-12;;/h6,8-9,11H,5,7H2,1-4H3;;/q;+1;-1. The van der Waals surface area contributed by atoms with Crippen LogP contribution in [0.2, 0.25) is 0 Å². The quantitative estimate of drug-likeness (QED) is 0.232. The Morgan fingerprint density at radius 1 is 1.19 bits per heavy atom. The first-order valence-corrected chi connectivity index (χ1v) is 5.22. The molecule has 0 radical (unpaired) electrons. The van der Waals surface area contributed by atoms with E-state index in [1.165, 1.54) is 0 Å². The molecule has 0 heterocycles. The van der Waals surface area contributed by atoms with E-state index in [0.717, 1.165) is 0 Å². The summed E-state index contributed by atoms with van der Waals surface area (Å²) in [5.74, 6) is -0.156. The molecule has 0 unspecified atom stereocenters. The zero-order valence-corrected chi connectivity index (χ0v) is 12.9. The van der Waals surface area contributed by atoms with E-state index in [2.05, 4.69) is 0 Å². The molecule has 0 aromatic rings. The van der Waals surface area contributed by atoms with Crippen molar-refractivity contribution in [1.29, 1.82) is 0 Å². The van der Waals surface area contributed by atoms with Crippen molar-refractivity contribution in [2.75, 3.05) is 0 Å². The smallest absolute Gasteiger partial charge is 1.00 e. The Bertz CT molecular complexity index is 200. The first-order chi connectivity index (χ1) is 6.95. The van der Waals surface area contributed by atoms with Crippen LogP contribution >= 0.6 is 0 Å². The van der Waals surface area contributed by atoms with Crippen molar-refractivity contribution >= 4 is 12.1 Å². The van der Waals surface area contributed by atoms with E-state index in [-0.39, 0.29) is 61.8 Å². The van der Waals surface area contributed by atoms with Crippen molar-refractivity contribution in [3.8, 4) is 0 Å². The molecule has 0 spiro atoms. The molecule has 0 fully saturated rings. The normalized spacial score (nSPS) is 10.7. The van der Waals surface area contributed by atoms with E-state index < -0.39 is 6.29 Å². The molecule has 0 aliphatic carbocycles. The number of Topliss-reactive ketones (excluding diaryl/α,β-unsaturated/α-hetero) is 1. The minimum absolute atomic E-state index is 0. The van der Waals surface area contributed by atoms with Crippen LogP contribution in [0.4, 0.5) is 0 Å². The van der Waals surface area contributed by atoms with Crippen LogP contribution in [0.5, 0.6) is 0 Å². The minimum Gasteiger partial charge on any atom is -1.00 e. The summed E-state index contributed by atoms with van der Waals surface area (Å²) < 4.78 is 10.8. The third-order valence-electron chi connectivity index (χ3n) is 1.55. The molecular formula is C11H21NaO4. The van der Waals surface area contributed by atoms with E-state index in [9.17, 15) is 9.59 Å². The van der Waals surface area contributed by atoms with E-state index in [1.54, 1.807) is 0 Å². The average Bonchev–Trinajstić information content (AvgIpc) is 2.00. The molecule has 0 saturated heterocycles. The Hall–Kier alpha value is 0.260. The predicted octanol–water partition coefficient (Wildman–Crippen LogP) is -1.17. The summed E-state index contributed by atoms with van der Waals surface area (Å²) in [5.41, 5.74) is 0. The van der Waals surface area contributed by atoms with Crippen molar-refractivity contribution in [2.45, 2.75) is 59.0 Å². The van der Waals surface area contributed by atoms with E-state index in [4.69, 9.17) is 9.47 Å². The molecule has 0 rings (SSSR count). The van der Waals surface area contributed by atoms with E-state index >= 15 is 0 Å². The summed E-state index contributed by atoms with van der Waals surface area (Å²) >= 11 is 0. The van der Waals surface area contributed by atoms with E-state index in [1.807, 2.05) is 27.7 Å².